The second-order valence-electron chi connectivity index (χ2n) is 5.51. The second kappa shape index (κ2) is 13.1. The minimum atomic E-state index is -3.95. The molecule has 0 radical (unpaired) electrons. The van der Waals surface area contributed by atoms with Crippen LogP contribution in [0.4, 0.5) is 0 Å². The molecule has 0 aliphatic heterocycles. The highest BCUT2D eigenvalue weighted by Gasteiger charge is 2.51. The van der Waals surface area contributed by atoms with Crippen LogP contribution in [0, 0.1) is 0 Å². The average molecular weight is 447 g/mol. The van der Waals surface area contributed by atoms with Gasteiger partial charge < -0.3 is 22.8 Å². The summed E-state index contributed by atoms with van der Waals surface area (Å²) >= 11 is 0. The van der Waals surface area contributed by atoms with Crippen LogP contribution in [0.2, 0.25) is 0 Å². The number of hydrogen-bond acceptors (Lipinski definition) is 8. The molecule has 164 valence electrons. The Labute approximate surface area is 173 Å². The van der Waals surface area contributed by atoms with Crippen molar-refractivity contribution in [2.75, 3.05) is 33.0 Å². The Bertz CT molecular complexity index is 704. The molecule has 0 saturated carbocycles. The van der Waals surface area contributed by atoms with Crippen molar-refractivity contribution < 1.29 is 32.0 Å². The maximum Gasteiger partial charge on any atom is 0.367 e. The fraction of sp³-hybridized carbons (Fsp3) is 0.526. The Morgan fingerprint density at radius 2 is 1.41 bits per heavy atom. The molecule has 0 aliphatic carbocycles. The summed E-state index contributed by atoms with van der Waals surface area (Å²) in [6.45, 7) is 10.9. The highest BCUT2D eigenvalue weighted by molar-refractivity contribution is 7.72. The van der Waals surface area contributed by atoms with Gasteiger partial charge in [0, 0.05) is 11.8 Å². The minimum Gasteiger partial charge on any atom is -0.489 e. The molecule has 0 fully saturated rings. The van der Waals surface area contributed by atoms with Crippen LogP contribution in [0.1, 0.15) is 33.3 Å². The number of benzene rings is 1. The molecule has 1 rings (SSSR count). The van der Waals surface area contributed by atoms with E-state index in [2.05, 4.69) is 11.6 Å². The van der Waals surface area contributed by atoms with E-state index in [4.69, 9.17) is 22.8 Å². The third-order valence-corrected chi connectivity index (χ3v) is 8.99. The number of hydrogen-bond donors (Lipinski definition) is 0. The normalized spacial score (nSPS) is 12.6. The van der Waals surface area contributed by atoms with E-state index in [1.54, 1.807) is 52.0 Å². The quantitative estimate of drug-likeness (QED) is 0.199. The Hall–Kier alpha value is -1.27. The van der Waals surface area contributed by atoms with Crippen LogP contribution in [-0.4, -0.2) is 44.8 Å². The van der Waals surface area contributed by atoms with Crippen molar-refractivity contribution >= 4 is 21.4 Å². The monoisotopic (exact) mass is 447 g/mol. The van der Waals surface area contributed by atoms with Crippen molar-refractivity contribution in [3.63, 3.8) is 0 Å². The van der Waals surface area contributed by atoms with E-state index in [0.29, 0.717) is 17.9 Å². The van der Waals surface area contributed by atoms with Crippen LogP contribution in [0.5, 0.6) is 5.75 Å². The maximum atomic E-state index is 13.5. The summed E-state index contributed by atoms with van der Waals surface area (Å²) in [5.74, 6) is 0.542. The third kappa shape index (κ3) is 7.49. The lowest BCUT2D eigenvalue weighted by Gasteiger charge is -2.28. The number of nitrogens with zero attached hydrogens (tertiary/aromatic N) is 1. The van der Waals surface area contributed by atoms with Crippen LogP contribution in [0.25, 0.3) is 0 Å². The number of aliphatic imine (C=N–C) groups is 1. The van der Waals surface area contributed by atoms with Crippen LogP contribution < -0.4 is 4.74 Å². The van der Waals surface area contributed by atoms with Gasteiger partial charge in [-0.3, -0.25) is 14.1 Å². The molecule has 0 bridgehead atoms. The molecular weight excluding hydrogens is 416 g/mol. The summed E-state index contributed by atoms with van der Waals surface area (Å²) in [5.41, 5.74) is -0.874. The molecule has 0 saturated heterocycles. The van der Waals surface area contributed by atoms with E-state index < -0.39 is 20.7 Å². The van der Waals surface area contributed by atoms with Gasteiger partial charge >= 0.3 is 15.2 Å². The van der Waals surface area contributed by atoms with E-state index in [0.717, 1.165) is 0 Å². The molecule has 0 amide bonds. The molecule has 1 aromatic rings. The Balaban J connectivity index is 3.45. The summed E-state index contributed by atoms with van der Waals surface area (Å²) in [6, 6.07) is 7.13. The fourth-order valence-corrected chi connectivity index (χ4v) is 7.18. The molecule has 0 N–H and O–H groups in total. The Morgan fingerprint density at radius 3 is 1.86 bits per heavy atom. The fourth-order valence-electron chi connectivity index (χ4n) is 2.41. The first-order valence-electron chi connectivity index (χ1n) is 9.54. The summed E-state index contributed by atoms with van der Waals surface area (Å²) in [4.78, 5) is 4.32. The van der Waals surface area contributed by atoms with Crippen molar-refractivity contribution in [1.82, 2.24) is 0 Å². The van der Waals surface area contributed by atoms with Gasteiger partial charge in [-0.25, -0.2) is 0 Å². The number of para-hydroxylation sites is 1. The number of rotatable bonds is 15. The highest BCUT2D eigenvalue weighted by Crippen LogP contribution is 2.70. The van der Waals surface area contributed by atoms with Crippen molar-refractivity contribution in [3.8, 4) is 5.75 Å². The molecule has 0 atom stereocenters. The minimum absolute atomic E-state index is 0.0839. The van der Waals surface area contributed by atoms with Crippen LogP contribution in [0.3, 0.4) is 0 Å². The van der Waals surface area contributed by atoms with E-state index in [1.165, 1.54) is 6.21 Å². The summed E-state index contributed by atoms with van der Waals surface area (Å²) < 4.78 is 54.1. The second-order valence-corrected chi connectivity index (χ2v) is 10.1. The van der Waals surface area contributed by atoms with Gasteiger partial charge in [-0.05, 0) is 39.8 Å². The van der Waals surface area contributed by atoms with Crippen molar-refractivity contribution in [1.29, 1.82) is 0 Å². The molecule has 0 heterocycles. The van der Waals surface area contributed by atoms with Crippen LogP contribution in [-0.2, 0) is 27.2 Å². The van der Waals surface area contributed by atoms with Gasteiger partial charge in [0.2, 0.25) is 0 Å². The zero-order valence-corrected chi connectivity index (χ0v) is 19.3. The molecule has 0 unspecified atom stereocenters. The first-order chi connectivity index (χ1) is 13.9. The van der Waals surface area contributed by atoms with Gasteiger partial charge in [0.25, 0.3) is 5.52 Å². The summed E-state index contributed by atoms with van der Waals surface area (Å²) in [6.07, 6.45) is 3.03. The lowest BCUT2D eigenvalue weighted by atomic mass is 10.2. The molecule has 0 aliphatic rings. The van der Waals surface area contributed by atoms with E-state index >= 15 is 0 Å². The van der Waals surface area contributed by atoms with Crippen molar-refractivity contribution in [3.05, 3.63) is 42.5 Å². The van der Waals surface area contributed by atoms with Gasteiger partial charge in [0.1, 0.15) is 12.4 Å². The summed E-state index contributed by atoms with van der Waals surface area (Å²) in [7, 11) is -7.90. The number of ether oxygens (including phenoxy) is 1. The molecule has 29 heavy (non-hydrogen) atoms. The van der Waals surface area contributed by atoms with Gasteiger partial charge in [-0.15, -0.1) is 0 Å². The Kier molecular flexibility index (Phi) is 11.7. The molecule has 1 aromatic carbocycles. The van der Waals surface area contributed by atoms with Gasteiger partial charge in [0.05, 0.1) is 26.4 Å². The Morgan fingerprint density at radius 1 is 0.931 bits per heavy atom. The third-order valence-electron chi connectivity index (χ3n) is 3.42. The lowest BCUT2D eigenvalue weighted by Crippen LogP contribution is -2.16. The molecule has 10 heteroatoms. The molecule has 0 aromatic heterocycles. The van der Waals surface area contributed by atoms with Crippen molar-refractivity contribution in [2.24, 2.45) is 4.99 Å². The molecule has 8 nitrogen and oxygen atoms in total. The largest absolute Gasteiger partial charge is 0.489 e. The predicted molar refractivity (Wildman–Crippen MR) is 115 cm³/mol. The zero-order valence-electron chi connectivity index (χ0n) is 17.5. The SMILES string of the molecule is C=CCOc1ccccc1/C=N/C(P(=O)(OCC)OCC)P(=O)(OCC)OCC. The van der Waals surface area contributed by atoms with Gasteiger partial charge in [-0.1, -0.05) is 24.8 Å². The lowest BCUT2D eigenvalue weighted by molar-refractivity contribution is 0.196. The van der Waals surface area contributed by atoms with E-state index in [9.17, 15) is 9.13 Å². The van der Waals surface area contributed by atoms with Crippen LogP contribution in [0.15, 0.2) is 41.9 Å². The topological polar surface area (TPSA) is 92.7 Å². The summed E-state index contributed by atoms with van der Waals surface area (Å²) in [5, 5.41) is 0. The van der Waals surface area contributed by atoms with E-state index in [-0.39, 0.29) is 26.4 Å². The van der Waals surface area contributed by atoms with E-state index in [1.807, 2.05) is 6.07 Å². The smallest absolute Gasteiger partial charge is 0.367 e. The zero-order chi connectivity index (χ0) is 21.8. The van der Waals surface area contributed by atoms with Gasteiger partial charge in [0.15, 0.2) is 0 Å². The predicted octanol–water partition coefficient (Wildman–Crippen LogP) is 5.49. The first-order valence-corrected chi connectivity index (χ1v) is 12.8. The maximum absolute atomic E-state index is 13.5. The average Bonchev–Trinajstić information content (AvgIpc) is 2.68. The molecular formula is C19H31NO7P2. The van der Waals surface area contributed by atoms with Crippen molar-refractivity contribution in [2.45, 2.75) is 33.2 Å². The van der Waals surface area contributed by atoms with Gasteiger partial charge in [-0.2, -0.15) is 0 Å². The molecule has 0 spiro atoms. The highest BCUT2D eigenvalue weighted by atomic mass is 31.2. The first kappa shape index (κ1) is 25.8. The standard InChI is InChI=1S/C19H31NO7P2/c1-6-15-23-18-14-12-11-13-17(18)16-20-19(28(21,24-7-2)25-8-3)29(22,26-9-4)27-10-5/h6,11-14,16,19H,1,7-10,15H2,2-5H3/b20-16+. The van der Waals surface area contributed by atoms with Crippen LogP contribution >= 0.6 is 15.2 Å².